The van der Waals surface area contributed by atoms with Gasteiger partial charge in [-0.15, -0.1) is 0 Å². The van der Waals surface area contributed by atoms with Gasteiger partial charge in [0.05, 0.1) is 18.3 Å². The first-order valence-corrected chi connectivity index (χ1v) is 6.06. The summed E-state index contributed by atoms with van der Waals surface area (Å²) in [5.41, 5.74) is 5.67. The van der Waals surface area contributed by atoms with Crippen molar-refractivity contribution in [2.24, 2.45) is 0 Å². The summed E-state index contributed by atoms with van der Waals surface area (Å²) in [6.45, 7) is 2.97. The van der Waals surface area contributed by atoms with Crippen LogP contribution in [-0.2, 0) is 12.7 Å². The number of benzene rings is 1. The Morgan fingerprint density at radius 1 is 1.35 bits per heavy atom. The molecule has 0 aliphatic carbocycles. The van der Waals surface area contributed by atoms with E-state index in [1.54, 1.807) is 10.9 Å². The van der Waals surface area contributed by atoms with Gasteiger partial charge in [0.25, 0.3) is 0 Å². The number of nitrogen functional groups attached to an aromatic ring is 1. The van der Waals surface area contributed by atoms with Crippen LogP contribution in [0.1, 0.15) is 11.1 Å². The topological polar surface area (TPSA) is 55.9 Å². The molecule has 1 heterocycles. The van der Waals surface area contributed by atoms with E-state index in [0.29, 0.717) is 18.8 Å². The number of aromatic nitrogens is 2. The molecule has 0 aliphatic rings. The Morgan fingerprint density at radius 2 is 2.10 bits per heavy atom. The van der Waals surface area contributed by atoms with Crippen LogP contribution in [0.25, 0.3) is 0 Å². The predicted molar refractivity (Wildman–Crippen MR) is 71.3 cm³/mol. The minimum absolute atomic E-state index is 0.272. The second kappa shape index (κ2) is 5.44. The normalized spacial score (nSPS) is 11.6. The van der Waals surface area contributed by atoms with Crippen LogP contribution in [-0.4, -0.2) is 16.3 Å². The number of nitrogens with two attached hydrogens (primary N) is 1. The van der Waals surface area contributed by atoms with Gasteiger partial charge >= 0.3 is 6.18 Å². The summed E-state index contributed by atoms with van der Waals surface area (Å²) in [7, 11) is 0. The van der Waals surface area contributed by atoms with Crippen molar-refractivity contribution in [3.63, 3.8) is 0 Å². The summed E-state index contributed by atoms with van der Waals surface area (Å²) < 4.78 is 39.8. The monoisotopic (exact) mass is 284 g/mol. The molecule has 4 nitrogen and oxygen atoms in total. The van der Waals surface area contributed by atoms with Crippen molar-refractivity contribution >= 4 is 11.4 Å². The quantitative estimate of drug-likeness (QED) is 0.849. The maximum Gasteiger partial charge on any atom is 0.418 e. The highest BCUT2D eigenvalue weighted by Gasteiger charge is 2.33. The van der Waals surface area contributed by atoms with Gasteiger partial charge in [-0.2, -0.15) is 18.3 Å². The first-order chi connectivity index (χ1) is 9.36. The Balaban J connectivity index is 2.00. The summed E-state index contributed by atoms with van der Waals surface area (Å²) in [5.74, 6) is 0. The first kappa shape index (κ1) is 14.2. The standard InChI is InChI=1S/C13H15F3N4/c1-9-7-19-20(8-9)5-4-18-10-2-3-12(17)11(6-10)13(14,15)16/h2-3,6-8,18H,4-5,17H2,1H3. The van der Waals surface area contributed by atoms with Gasteiger partial charge in [0.2, 0.25) is 0 Å². The molecule has 0 atom stereocenters. The number of hydrogen-bond donors (Lipinski definition) is 2. The zero-order valence-electron chi connectivity index (χ0n) is 10.9. The van der Waals surface area contributed by atoms with E-state index >= 15 is 0 Å². The molecule has 2 rings (SSSR count). The van der Waals surface area contributed by atoms with Crippen LogP contribution >= 0.6 is 0 Å². The Bertz CT molecular complexity index is 590. The Hall–Kier alpha value is -2.18. The third-order valence-electron chi connectivity index (χ3n) is 2.79. The van der Waals surface area contributed by atoms with E-state index in [1.807, 2.05) is 13.1 Å². The average molecular weight is 284 g/mol. The maximum atomic E-state index is 12.7. The van der Waals surface area contributed by atoms with E-state index < -0.39 is 11.7 Å². The Labute approximate surface area is 114 Å². The van der Waals surface area contributed by atoms with Crippen molar-refractivity contribution in [1.82, 2.24) is 9.78 Å². The van der Waals surface area contributed by atoms with E-state index in [0.717, 1.165) is 11.6 Å². The predicted octanol–water partition coefficient (Wildman–Crippen LogP) is 2.90. The molecule has 108 valence electrons. The fourth-order valence-corrected chi connectivity index (χ4v) is 1.82. The number of aryl methyl sites for hydroxylation is 1. The summed E-state index contributed by atoms with van der Waals surface area (Å²) in [6, 6.07) is 3.80. The Kier molecular flexibility index (Phi) is 3.87. The van der Waals surface area contributed by atoms with E-state index in [9.17, 15) is 13.2 Å². The largest absolute Gasteiger partial charge is 0.418 e. The molecule has 0 unspecified atom stereocenters. The molecule has 0 saturated heterocycles. The lowest BCUT2D eigenvalue weighted by Crippen LogP contribution is -2.13. The highest BCUT2D eigenvalue weighted by atomic mass is 19.4. The van der Waals surface area contributed by atoms with Crippen LogP contribution in [0.5, 0.6) is 0 Å². The van der Waals surface area contributed by atoms with Crippen molar-refractivity contribution in [3.8, 4) is 0 Å². The zero-order chi connectivity index (χ0) is 14.8. The summed E-state index contributed by atoms with van der Waals surface area (Å²) in [4.78, 5) is 0. The molecule has 0 aliphatic heterocycles. The molecule has 3 N–H and O–H groups in total. The average Bonchev–Trinajstić information content (AvgIpc) is 2.76. The number of nitrogens with zero attached hydrogens (tertiary/aromatic N) is 2. The molecular formula is C13H15F3N4. The lowest BCUT2D eigenvalue weighted by atomic mass is 10.1. The maximum absolute atomic E-state index is 12.7. The zero-order valence-corrected chi connectivity index (χ0v) is 10.9. The van der Waals surface area contributed by atoms with Gasteiger partial charge in [-0.25, -0.2) is 0 Å². The minimum Gasteiger partial charge on any atom is -0.398 e. The number of nitrogens with one attached hydrogen (secondary N) is 1. The second-order valence-corrected chi connectivity index (χ2v) is 4.51. The molecule has 7 heteroatoms. The van der Waals surface area contributed by atoms with E-state index in [2.05, 4.69) is 10.4 Å². The smallest absolute Gasteiger partial charge is 0.398 e. The molecule has 2 aromatic rings. The van der Waals surface area contributed by atoms with Crippen LogP contribution < -0.4 is 11.1 Å². The molecule has 0 fully saturated rings. The fourth-order valence-electron chi connectivity index (χ4n) is 1.82. The SMILES string of the molecule is Cc1cnn(CCNc2ccc(N)c(C(F)(F)F)c2)c1. The fraction of sp³-hybridized carbons (Fsp3) is 0.308. The van der Waals surface area contributed by atoms with Gasteiger partial charge in [0, 0.05) is 24.1 Å². The van der Waals surface area contributed by atoms with Crippen molar-refractivity contribution < 1.29 is 13.2 Å². The highest BCUT2D eigenvalue weighted by molar-refractivity contribution is 5.58. The molecule has 0 saturated carbocycles. The van der Waals surface area contributed by atoms with Crippen LogP contribution in [0.2, 0.25) is 0 Å². The molecule has 0 bridgehead atoms. The van der Waals surface area contributed by atoms with Gasteiger partial charge < -0.3 is 11.1 Å². The first-order valence-electron chi connectivity index (χ1n) is 6.06. The van der Waals surface area contributed by atoms with Crippen LogP contribution in [0, 0.1) is 6.92 Å². The number of halogens is 3. The molecule has 0 radical (unpaired) electrons. The molecular weight excluding hydrogens is 269 g/mol. The lowest BCUT2D eigenvalue weighted by Gasteiger charge is -2.13. The van der Waals surface area contributed by atoms with Crippen LogP contribution in [0.3, 0.4) is 0 Å². The summed E-state index contributed by atoms with van der Waals surface area (Å²) >= 11 is 0. The number of rotatable bonds is 4. The molecule has 0 amide bonds. The number of hydrogen-bond acceptors (Lipinski definition) is 3. The lowest BCUT2D eigenvalue weighted by molar-refractivity contribution is -0.136. The van der Waals surface area contributed by atoms with Gasteiger partial charge in [0.1, 0.15) is 0 Å². The molecule has 1 aromatic heterocycles. The van der Waals surface area contributed by atoms with Crippen LogP contribution in [0.15, 0.2) is 30.6 Å². The van der Waals surface area contributed by atoms with Crippen molar-refractivity contribution in [2.75, 3.05) is 17.6 Å². The molecule has 20 heavy (non-hydrogen) atoms. The van der Waals surface area contributed by atoms with Crippen molar-refractivity contribution in [1.29, 1.82) is 0 Å². The van der Waals surface area contributed by atoms with E-state index in [-0.39, 0.29) is 5.69 Å². The number of anilines is 2. The highest BCUT2D eigenvalue weighted by Crippen LogP contribution is 2.35. The summed E-state index contributed by atoms with van der Waals surface area (Å²) in [6.07, 6.45) is -0.850. The third kappa shape index (κ3) is 3.43. The Morgan fingerprint density at radius 3 is 2.70 bits per heavy atom. The summed E-state index contributed by atoms with van der Waals surface area (Å²) in [5, 5.41) is 7.02. The van der Waals surface area contributed by atoms with Gasteiger partial charge in [-0.3, -0.25) is 4.68 Å². The van der Waals surface area contributed by atoms with Gasteiger partial charge in [-0.1, -0.05) is 0 Å². The van der Waals surface area contributed by atoms with Crippen molar-refractivity contribution in [3.05, 3.63) is 41.7 Å². The van der Waals surface area contributed by atoms with Gasteiger partial charge in [-0.05, 0) is 30.7 Å². The third-order valence-corrected chi connectivity index (χ3v) is 2.79. The number of alkyl halides is 3. The van der Waals surface area contributed by atoms with Gasteiger partial charge in [0.15, 0.2) is 0 Å². The van der Waals surface area contributed by atoms with E-state index in [4.69, 9.17) is 5.73 Å². The second-order valence-electron chi connectivity index (χ2n) is 4.51. The van der Waals surface area contributed by atoms with Crippen molar-refractivity contribution in [2.45, 2.75) is 19.6 Å². The van der Waals surface area contributed by atoms with E-state index in [1.165, 1.54) is 12.1 Å². The van der Waals surface area contributed by atoms with Crippen LogP contribution in [0.4, 0.5) is 24.5 Å². The molecule has 0 spiro atoms. The minimum atomic E-state index is -4.44. The molecule has 1 aromatic carbocycles.